The molecule has 6 rings (SSSR count). The second-order valence-electron chi connectivity index (χ2n) is 10.8. The standard InChI is InChI=1S/C32H29N3O5S/c1-4-32(2,3)35(41(38,39)25-18-15-21-9-5-6-10-23(21)19-25)27-20-29(36)34(31(27)37)24-16-13-22(14-17-24)30-33-26-11-7-8-12-28(26)40-30/h5-19,27H,4,20H2,1-3H3. The van der Waals surface area contributed by atoms with Gasteiger partial charge in [0, 0.05) is 11.1 Å². The monoisotopic (exact) mass is 567 g/mol. The first-order valence-corrected chi connectivity index (χ1v) is 14.9. The molecule has 2 heterocycles. The van der Waals surface area contributed by atoms with Crippen LogP contribution in [0, 0.1) is 0 Å². The van der Waals surface area contributed by atoms with Gasteiger partial charge in [-0.15, -0.1) is 0 Å². The molecule has 1 atom stereocenters. The van der Waals surface area contributed by atoms with E-state index in [2.05, 4.69) is 4.98 Å². The van der Waals surface area contributed by atoms with E-state index in [0.717, 1.165) is 21.2 Å². The number of hydrogen-bond donors (Lipinski definition) is 0. The lowest BCUT2D eigenvalue weighted by atomic mass is 10.00. The highest BCUT2D eigenvalue weighted by atomic mass is 32.2. The molecule has 0 saturated carbocycles. The summed E-state index contributed by atoms with van der Waals surface area (Å²) < 4.78 is 35.4. The van der Waals surface area contributed by atoms with Crippen LogP contribution in [0.5, 0.6) is 0 Å². The van der Waals surface area contributed by atoms with E-state index in [-0.39, 0.29) is 11.3 Å². The van der Waals surface area contributed by atoms with E-state index in [0.29, 0.717) is 29.1 Å². The molecule has 1 aromatic heterocycles. The van der Waals surface area contributed by atoms with Gasteiger partial charge in [0.05, 0.1) is 17.0 Å². The Morgan fingerprint density at radius 2 is 1.61 bits per heavy atom. The van der Waals surface area contributed by atoms with Crippen LogP contribution in [0.4, 0.5) is 5.69 Å². The Balaban J connectivity index is 1.34. The predicted molar refractivity (Wildman–Crippen MR) is 158 cm³/mol. The topological polar surface area (TPSA) is 101 Å². The molecule has 2 amide bonds. The molecule has 1 saturated heterocycles. The number of carbonyl (C=O) groups is 2. The Labute approximate surface area is 238 Å². The molecule has 0 bridgehead atoms. The normalized spacial score (nSPS) is 16.4. The summed E-state index contributed by atoms with van der Waals surface area (Å²) >= 11 is 0. The summed E-state index contributed by atoms with van der Waals surface area (Å²) in [6, 6.07) is 25.4. The van der Waals surface area contributed by atoms with Gasteiger partial charge in [0.1, 0.15) is 11.6 Å². The fourth-order valence-corrected chi connectivity index (χ4v) is 7.35. The van der Waals surface area contributed by atoms with Crippen molar-refractivity contribution in [2.45, 2.75) is 50.1 Å². The molecule has 1 aliphatic heterocycles. The Kier molecular flexibility index (Phi) is 6.51. The third-order valence-corrected chi connectivity index (χ3v) is 9.93. The summed E-state index contributed by atoms with van der Waals surface area (Å²) in [5.41, 5.74) is 1.50. The van der Waals surface area contributed by atoms with Crippen LogP contribution in [0.2, 0.25) is 0 Å². The molecule has 0 aliphatic carbocycles. The van der Waals surface area contributed by atoms with Crippen LogP contribution in [0.1, 0.15) is 33.6 Å². The Bertz CT molecular complexity index is 1880. The number of sulfonamides is 1. The molecule has 8 nitrogen and oxygen atoms in total. The maximum atomic E-state index is 14.2. The number of fused-ring (bicyclic) bond motifs is 2. The van der Waals surface area contributed by atoms with E-state index in [1.165, 1.54) is 4.31 Å². The number of aromatic nitrogens is 1. The summed E-state index contributed by atoms with van der Waals surface area (Å²) in [5, 5.41) is 1.68. The van der Waals surface area contributed by atoms with Crippen LogP contribution in [0.3, 0.4) is 0 Å². The highest BCUT2D eigenvalue weighted by Gasteiger charge is 2.51. The maximum Gasteiger partial charge on any atom is 0.252 e. The lowest BCUT2D eigenvalue weighted by molar-refractivity contribution is -0.122. The van der Waals surface area contributed by atoms with E-state index < -0.39 is 33.4 Å². The molecule has 4 aromatic carbocycles. The summed E-state index contributed by atoms with van der Waals surface area (Å²) in [6.07, 6.45) is 0.193. The van der Waals surface area contributed by atoms with Crippen molar-refractivity contribution in [3.8, 4) is 11.5 Å². The van der Waals surface area contributed by atoms with Crippen LogP contribution in [0.15, 0.2) is 100 Å². The second-order valence-corrected chi connectivity index (χ2v) is 12.6. The summed E-state index contributed by atoms with van der Waals surface area (Å²) in [4.78, 5) is 32.8. The van der Waals surface area contributed by atoms with Crippen molar-refractivity contribution >= 4 is 49.4 Å². The first-order valence-electron chi connectivity index (χ1n) is 13.5. The number of amides is 2. The van der Waals surface area contributed by atoms with E-state index in [9.17, 15) is 18.0 Å². The molecule has 41 heavy (non-hydrogen) atoms. The van der Waals surface area contributed by atoms with Crippen molar-refractivity contribution in [3.05, 3.63) is 91.0 Å². The summed E-state index contributed by atoms with van der Waals surface area (Å²) in [7, 11) is -4.15. The number of hydrogen-bond acceptors (Lipinski definition) is 6. The number of oxazole rings is 1. The SMILES string of the molecule is CCC(C)(C)N(C1CC(=O)N(c2ccc(-c3nc4ccccc4o3)cc2)C1=O)S(=O)(=O)c1ccc2ccccc2c1. The van der Waals surface area contributed by atoms with Crippen molar-refractivity contribution in [3.63, 3.8) is 0 Å². The van der Waals surface area contributed by atoms with Gasteiger partial charge in [0.2, 0.25) is 21.8 Å². The first-order chi connectivity index (χ1) is 19.6. The van der Waals surface area contributed by atoms with Crippen molar-refractivity contribution < 1.29 is 22.4 Å². The van der Waals surface area contributed by atoms with Gasteiger partial charge >= 0.3 is 0 Å². The predicted octanol–water partition coefficient (Wildman–Crippen LogP) is 6.16. The number of carbonyl (C=O) groups excluding carboxylic acids is 2. The minimum atomic E-state index is -4.15. The minimum absolute atomic E-state index is 0.0825. The Morgan fingerprint density at radius 1 is 0.927 bits per heavy atom. The lowest BCUT2D eigenvalue weighted by Crippen LogP contribution is -2.55. The molecule has 0 spiro atoms. The summed E-state index contributed by atoms with van der Waals surface area (Å²) in [5.74, 6) is -0.609. The Hall–Kier alpha value is -4.34. The largest absolute Gasteiger partial charge is 0.436 e. The highest BCUT2D eigenvalue weighted by Crippen LogP contribution is 2.37. The molecule has 208 valence electrons. The molecular weight excluding hydrogens is 538 g/mol. The average Bonchev–Trinajstić information content (AvgIpc) is 3.53. The van der Waals surface area contributed by atoms with Gasteiger partial charge in [-0.2, -0.15) is 4.31 Å². The van der Waals surface area contributed by atoms with Crippen LogP contribution in [-0.2, 0) is 19.6 Å². The van der Waals surface area contributed by atoms with Crippen LogP contribution in [-0.4, -0.2) is 41.1 Å². The molecular formula is C32H29N3O5S. The minimum Gasteiger partial charge on any atom is -0.436 e. The van der Waals surface area contributed by atoms with Gasteiger partial charge in [-0.1, -0.05) is 49.4 Å². The fraction of sp³-hybridized carbons (Fsp3) is 0.219. The summed E-state index contributed by atoms with van der Waals surface area (Å²) in [6.45, 7) is 5.43. The zero-order valence-electron chi connectivity index (χ0n) is 22.9. The van der Waals surface area contributed by atoms with Gasteiger partial charge in [-0.3, -0.25) is 9.59 Å². The fourth-order valence-electron chi connectivity index (χ4n) is 5.33. The van der Waals surface area contributed by atoms with Crippen LogP contribution < -0.4 is 4.90 Å². The zero-order valence-corrected chi connectivity index (χ0v) is 23.8. The molecule has 0 radical (unpaired) electrons. The van der Waals surface area contributed by atoms with E-state index in [1.807, 2.05) is 55.5 Å². The van der Waals surface area contributed by atoms with E-state index >= 15 is 0 Å². The number of anilines is 1. The van der Waals surface area contributed by atoms with Crippen LogP contribution in [0.25, 0.3) is 33.3 Å². The molecule has 1 unspecified atom stereocenters. The van der Waals surface area contributed by atoms with Crippen molar-refractivity contribution in [2.75, 3.05) is 4.90 Å². The van der Waals surface area contributed by atoms with Crippen molar-refractivity contribution in [1.82, 2.24) is 9.29 Å². The smallest absolute Gasteiger partial charge is 0.252 e. The van der Waals surface area contributed by atoms with Gasteiger partial charge in [0.15, 0.2) is 5.58 Å². The van der Waals surface area contributed by atoms with Crippen LogP contribution >= 0.6 is 0 Å². The number of imide groups is 1. The first kappa shape index (κ1) is 26.9. The third kappa shape index (κ3) is 4.61. The van der Waals surface area contributed by atoms with Gasteiger partial charge in [0.25, 0.3) is 5.91 Å². The Morgan fingerprint density at radius 3 is 2.32 bits per heavy atom. The van der Waals surface area contributed by atoms with Gasteiger partial charge in [-0.25, -0.2) is 18.3 Å². The molecule has 9 heteroatoms. The lowest BCUT2D eigenvalue weighted by Gasteiger charge is -2.39. The average molecular weight is 568 g/mol. The second kappa shape index (κ2) is 9.94. The number of benzene rings is 4. The molecule has 0 N–H and O–H groups in total. The van der Waals surface area contributed by atoms with Gasteiger partial charge in [-0.05, 0) is 79.6 Å². The molecule has 1 aliphatic rings. The van der Waals surface area contributed by atoms with Crippen molar-refractivity contribution in [1.29, 1.82) is 0 Å². The maximum absolute atomic E-state index is 14.2. The van der Waals surface area contributed by atoms with E-state index in [4.69, 9.17) is 4.42 Å². The number of para-hydroxylation sites is 2. The molecule has 5 aromatic rings. The quantitative estimate of drug-likeness (QED) is 0.218. The van der Waals surface area contributed by atoms with Gasteiger partial charge < -0.3 is 4.42 Å². The van der Waals surface area contributed by atoms with E-state index in [1.54, 1.807) is 56.3 Å². The zero-order chi connectivity index (χ0) is 28.9. The highest BCUT2D eigenvalue weighted by molar-refractivity contribution is 7.89. The van der Waals surface area contributed by atoms with Crippen molar-refractivity contribution in [2.24, 2.45) is 0 Å². The third-order valence-electron chi connectivity index (χ3n) is 7.81. The molecule has 1 fully saturated rings. The number of rotatable bonds is 7. The number of nitrogens with zero attached hydrogens (tertiary/aromatic N) is 3.